The number of aromatic nitrogens is 2. The SMILES string of the molecule is Cc1cc(-c2nc3ccc(C#N)cc3[nH]2)sc1C. The van der Waals surface area contributed by atoms with Crippen LogP contribution in [0.4, 0.5) is 0 Å². The maximum atomic E-state index is 8.88. The van der Waals surface area contributed by atoms with Gasteiger partial charge in [0.25, 0.3) is 0 Å². The van der Waals surface area contributed by atoms with Gasteiger partial charge in [-0.15, -0.1) is 11.3 Å². The molecule has 1 N–H and O–H groups in total. The molecule has 0 aliphatic carbocycles. The Hall–Kier alpha value is -2.12. The minimum Gasteiger partial charge on any atom is -0.337 e. The Morgan fingerprint density at radius 3 is 2.78 bits per heavy atom. The zero-order chi connectivity index (χ0) is 12.7. The summed E-state index contributed by atoms with van der Waals surface area (Å²) in [6, 6.07) is 9.78. The second-order valence-electron chi connectivity index (χ2n) is 4.28. The van der Waals surface area contributed by atoms with Gasteiger partial charge in [0.05, 0.1) is 27.5 Å². The number of hydrogen-bond donors (Lipinski definition) is 1. The summed E-state index contributed by atoms with van der Waals surface area (Å²) in [5.74, 6) is 0.876. The molecular weight excluding hydrogens is 242 g/mol. The average Bonchev–Trinajstić information content (AvgIpc) is 2.92. The molecule has 0 unspecified atom stereocenters. The lowest BCUT2D eigenvalue weighted by Crippen LogP contribution is -1.73. The van der Waals surface area contributed by atoms with Crippen molar-refractivity contribution in [1.29, 1.82) is 5.26 Å². The van der Waals surface area contributed by atoms with Crippen molar-refractivity contribution < 1.29 is 0 Å². The predicted octanol–water partition coefficient (Wildman–Crippen LogP) is 3.78. The molecule has 0 aliphatic heterocycles. The van der Waals surface area contributed by atoms with Crippen LogP contribution in [-0.4, -0.2) is 9.97 Å². The quantitative estimate of drug-likeness (QED) is 0.717. The van der Waals surface area contributed by atoms with E-state index in [4.69, 9.17) is 5.26 Å². The molecule has 88 valence electrons. The van der Waals surface area contributed by atoms with Gasteiger partial charge in [0.15, 0.2) is 0 Å². The Bertz CT molecular complexity index is 755. The van der Waals surface area contributed by atoms with Crippen LogP contribution in [-0.2, 0) is 0 Å². The fourth-order valence-corrected chi connectivity index (χ4v) is 2.86. The summed E-state index contributed by atoms with van der Waals surface area (Å²) in [7, 11) is 0. The molecule has 0 fully saturated rings. The Labute approximate surface area is 109 Å². The normalized spacial score (nSPS) is 10.7. The van der Waals surface area contributed by atoms with Gasteiger partial charge < -0.3 is 4.98 Å². The fourth-order valence-electron chi connectivity index (χ4n) is 1.89. The molecule has 3 nitrogen and oxygen atoms in total. The van der Waals surface area contributed by atoms with Crippen molar-refractivity contribution in [2.45, 2.75) is 13.8 Å². The van der Waals surface area contributed by atoms with Gasteiger partial charge in [-0.1, -0.05) is 0 Å². The summed E-state index contributed by atoms with van der Waals surface area (Å²) < 4.78 is 0. The lowest BCUT2D eigenvalue weighted by Gasteiger charge is -1.88. The Morgan fingerprint density at radius 2 is 2.11 bits per heavy atom. The van der Waals surface area contributed by atoms with E-state index in [1.165, 1.54) is 10.4 Å². The summed E-state index contributed by atoms with van der Waals surface area (Å²) >= 11 is 1.73. The molecule has 0 saturated heterocycles. The van der Waals surface area contributed by atoms with E-state index < -0.39 is 0 Å². The van der Waals surface area contributed by atoms with Crippen LogP contribution in [0.15, 0.2) is 24.3 Å². The molecule has 0 atom stereocenters. The standard InChI is InChI=1S/C14H11N3S/c1-8-5-13(18-9(8)2)14-16-11-4-3-10(7-15)6-12(11)17-14/h3-6H,1-2H3,(H,16,17). The van der Waals surface area contributed by atoms with E-state index in [-0.39, 0.29) is 0 Å². The van der Waals surface area contributed by atoms with Gasteiger partial charge in [-0.3, -0.25) is 0 Å². The molecule has 0 radical (unpaired) electrons. The second kappa shape index (κ2) is 3.97. The summed E-state index contributed by atoms with van der Waals surface area (Å²) in [4.78, 5) is 10.3. The highest BCUT2D eigenvalue weighted by Gasteiger charge is 2.09. The molecule has 3 aromatic rings. The number of hydrogen-bond acceptors (Lipinski definition) is 3. The number of nitrogens with one attached hydrogen (secondary N) is 1. The van der Waals surface area contributed by atoms with Crippen molar-refractivity contribution in [3.05, 3.63) is 40.3 Å². The number of H-pyrrole nitrogens is 1. The number of rotatable bonds is 1. The number of imidazole rings is 1. The third-order valence-corrected chi connectivity index (χ3v) is 4.17. The van der Waals surface area contributed by atoms with Gasteiger partial charge in [0, 0.05) is 4.88 Å². The van der Waals surface area contributed by atoms with E-state index in [0.717, 1.165) is 21.7 Å². The van der Waals surface area contributed by atoms with Crippen molar-refractivity contribution in [3.63, 3.8) is 0 Å². The van der Waals surface area contributed by atoms with Crippen LogP contribution in [0.1, 0.15) is 16.0 Å². The highest BCUT2D eigenvalue weighted by atomic mass is 32.1. The maximum Gasteiger partial charge on any atom is 0.148 e. The summed E-state index contributed by atoms with van der Waals surface area (Å²) in [6.45, 7) is 4.21. The van der Waals surface area contributed by atoms with Crippen LogP contribution in [0.2, 0.25) is 0 Å². The summed E-state index contributed by atoms with van der Waals surface area (Å²) in [6.07, 6.45) is 0. The Balaban J connectivity index is 2.16. The molecule has 0 bridgehead atoms. The molecule has 1 aromatic carbocycles. The molecule has 3 rings (SSSR count). The highest BCUT2D eigenvalue weighted by Crippen LogP contribution is 2.30. The monoisotopic (exact) mass is 253 g/mol. The number of aryl methyl sites for hydroxylation is 2. The van der Waals surface area contributed by atoms with Crippen LogP contribution in [0.25, 0.3) is 21.7 Å². The van der Waals surface area contributed by atoms with Gasteiger partial charge in [-0.05, 0) is 43.7 Å². The van der Waals surface area contributed by atoms with Crippen molar-refractivity contribution in [3.8, 4) is 16.8 Å². The van der Waals surface area contributed by atoms with Crippen LogP contribution >= 0.6 is 11.3 Å². The first-order valence-corrected chi connectivity index (χ1v) is 6.46. The van der Waals surface area contributed by atoms with Gasteiger partial charge >= 0.3 is 0 Å². The van der Waals surface area contributed by atoms with E-state index in [0.29, 0.717) is 5.56 Å². The Kier molecular flexibility index (Phi) is 2.42. The molecule has 0 saturated carbocycles. The molecule has 18 heavy (non-hydrogen) atoms. The zero-order valence-corrected chi connectivity index (χ0v) is 10.9. The van der Waals surface area contributed by atoms with E-state index >= 15 is 0 Å². The van der Waals surface area contributed by atoms with Crippen molar-refractivity contribution in [1.82, 2.24) is 9.97 Å². The maximum absolute atomic E-state index is 8.88. The number of aromatic amines is 1. The van der Waals surface area contributed by atoms with E-state index in [9.17, 15) is 0 Å². The lowest BCUT2D eigenvalue weighted by molar-refractivity contribution is 1.35. The number of nitrogens with zero attached hydrogens (tertiary/aromatic N) is 2. The molecule has 0 aliphatic rings. The first-order valence-electron chi connectivity index (χ1n) is 5.64. The molecule has 0 amide bonds. The van der Waals surface area contributed by atoms with E-state index in [2.05, 4.69) is 36.0 Å². The minimum atomic E-state index is 0.649. The average molecular weight is 253 g/mol. The number of nitriles is 1. The second-order valence-corrected chi connectivity index (χ2v) is 5.54. The highest BCUT2D eigenvalue weighted by molar-refractivity contribution is 7.15. The lowest BCUT2D eigenvalue weighted by atomic mass is 10.2. The zero-order valence-electron chi connectivity index (χ0n) is 10.1. The third-order valence-electron chi connectivity index (χ3n) is 3.01. The topological polar surface area (TPSA) is 52.5 Å². The van der Waals surface area contributed by atoms with Crippen molar-refractivity contribution in [2.24, 2.45) is 0 Å². The molecule has 2 heterocycles. The molecular formula is C14H11N3S. The summed E-state index contributed by atoms with van der Waals surface area (Å²) in [5, 5.41) is 8.88. The van der Waals surface area contributed by atoms with E-state index in [1.54, 1.807) is 17.4 Å². The molecule has 2 aromatic heterocycles. The van der Waals surface area contributed by atoms with E-state index in [1.807, 2.05) is 12.1 Å². The largest absolute Gasteiger partial charge is 0.337 e. The first-order chi connectivity index (χ1) is 8.67. The number of fused-ring (bicyclic) bond motifs is 1. The van der Waals surface area contributed by atoms with Crippen molar-refractivity contribution >= 4 is 22.4 Å². The minimum absolute atomic E-state index is 0.649. The van der Waals surface area contributed by atoms with Crippen LogP contribution < -0.4 is 0 Å². The van der Waals surface area contributed by atoms with Gasteiger partial charge in [0.1, 0.15) is 5.82 Å². The Morgan fingerprint density at radius 1 is 1.28 bits per heavy atom. The van der Waals surface area contributed by atoms with Gasteiger partial charge in [-0.25, -0.2) is 4.98 Å². The van der Waals surface area contributed by atoms with Gasteiger partial charge in [-0.2, -0.15) is 5.26 Å². The number of benzene rings is 1. The fraction of sp³-hybridized carbons (Fsp3) is 0.143. The third kappa shape index (κ3) is 1.69. The van der Waals surface area contributed by atoms with Crippen LogP contribution in [0.5, 0.6) is 0 Å². The smallest absolute Gasteiger partial charge is 0.148 e. The van der Waals surface area contributed by atoms with Crippen LogP contribution in [0, 0.1) is 25.2 Å². The van der Waals surface area contributed by atoms with Gasteiger partial charge in [0.2, 0.25) is 0 Å². The van der Waals surface area contributed by atoms with Crippen molar-refractivity contribution in [2.75, 3.05) is 0 Å². The van der Waals surface area contributed by atoms with Crippen LogP contribution in [0.3, 0.4) is 0 Å². The first kappa shape index (κ1) is 11.0. The molecule has 4 heteroatoms. The predicted molar refractivity (Wildman–Crippen MR) is 73.6 cm³/mol. The number of thiophene rings is 1. The molecule has 0 spiro atoms. The summed E-state index contributed by atoms with van der Waals surface area (Å²) in [5.41, 5.74) is 3.74.